The van der Waals surface area contributed by atoms with Crippen molar-refractivity contribution in [2.45, 2.75) is 26.6 Å². The van der Waals surface area contributed by atoms with Crippen LogP contribution in [0.3, 0.4) is 0 Å². The Bertz CT molecular complexity index is 222. The van der Waals surface area contributed by atoms with Gasteiger partial charge in [-0.05, 0) is 13.8 Å². The number of hydrogen-bond donors (Lipinski definition) is 0. The summed E-state index contributed by atoms with van der Waals surface area (Å²) < 4.78 is 10.4. The van der Waals surface area contributed by atoms with Crippen molar-refractivity contribution >= 4 is 15.9 Å². The van der Waals surface area contributed by atoms with Gasteiger partial charge in [-0.3, -0.25) is 0 Å². The van der Waals surface area contributed by atoms with Crippen molar-refractivity contribution in [2.24, 2.45) is 0 Å². The molecule has 0 saturated heterocycles. The lowest BCUT2D eigenvalue weighted by Gasteiger charge is -2.03. The number of halogens is 1. The van der Waals surface area contributed by atoms with Crippen LogP contribution in [-0.2, 0) is 11.3 Å². The molecule has 0 fully saturated rings. The van der Waals surface area contributed by atoms with Crippen molar-refractivity contribution in [3.05, 3.63) is 16.8 Å². The van der Waals surface area contributed by atoms with Gasteiger partial charge in [0.25, 0.3) is 4.80 Å². The molecule has 0 aliphatic carbocycles. The van der Waals surface area contributed by atoms with Crippen molar-refractivity contribution in [2.75, 3.05) is 0 Å². The molecule has 0 spiro atoms. The maximum atomic E-state index is 5.29. The SMILES string of the molecule is CC(C)OCc1cnc(Br)o1. The first kappa shape index (κ1) is 8.74. The molecule has 0 amide bonds. The molecule has 0 aliphatic rings. The quantitative estimate of drug-likeness (QED) is 0.784. The van der Waals surface area contributed by atoms with Crippen molar-refractivity contribution in [1.29, 1.82) is 0 Å². The molecule has 1 rings (SSSR count). The van der Waals surface area contributed by atoms with E-state index >= 15 is 0 Å². The standard InChI is InChI=1S/C7H10BrNO2/c1-5(2)10-4-6-3-9-7(8)11-6/h3,5H,4H2,1-2H3. The number of hydrogen-bond acceptors (Lipinski definition) is 3. The Balaban J connectivity index is 2.39. The van der Waals surface area contributed by atoms with Gasteiger partial charge in [-0.2, -0.15) is 0 Å². The van der Waals surface area contributed by atoms with Crippen LogP contribution in [0.25, 0.3) is 0 Å². The van der Waals surface area contributed by atoms with E-state index in [0.29, 0.717) is 11.4 Å². The second kappa shape index (κ2) is 3.88. The van der Waals surface area contributed by atoms with E-state index < -0.39 is 0 Å². The monoisotopic (exact) mass is 219 g/mol. The summed E-state index contributed by atoms with van der Waals surface area (Å²) in [5, 5.41) is 0. The third kappa shape index (κ3) is 3.03. The van der Waals surface area contributed by atoms with E-state index in [9.17, 15) is 0 Å². The number of ether oxygens (including phenoxy) is 1. The zero-order chi connectivity index (χ0) is 8.27. The second-order valence-electron chi connectivity index (χ2n) is 2.44. The van der Waals surface area contributed by atoms with E-state index in [0.717, 1.165) is 5.76 Å². The Morgan fingerprint density at radius 3 is 2.91 bits per heavy atom. The van der Waals surface area contributed by atoms with Crippen molar-refractivity contribution in [1.82, 2.24) is 4.98 Å². The van der Waals surface area contributed by atoms with Crippen LogP contribution in [0.4, 0.5) is 0 Å². The molecule has 0 N–H and O–H groups in total. The minimum absolute atomic E-state index is 0.221. The summed E-state index contributed by atoms with van der Waals surface area (Å²) in [5.41, 5.74) is 0. The van der Waals surface area contributed by atoms with E-state index in [2.05, 4.69) is 20.9 Å². The van der Waals surface area contributed by atoms with Gasteiger partial charge in [0.2, 0.25) is 0 Å². The number of rotatable bonds is 3. The first-order valence-electron chi connectivity index (χ1n) is 3.40. The molecule has 0 saturated carbocycles. The van der Waals surface area contributed by atoms with Gasteiger partial charge in [0, 0.05) is 15.9 Å². The molecule has 11 heavy (non-hydrogen) atoms. The number of aromatic nitrogens is 1. The minimum Gasteiger partial charge on any atom is -0.434 e. The molecule has 62 valence electrons. The Kier molecular flexibility index (Phi) is 3.08. The third-order valence-corrected chi connectivity index (χ3v) is 1.45. The molecule has 1 aromatic heterocycles. The van der Waals surface area contributed by atoms with Gasteiger partial charge in [0.05, 0.1) is 12.3 Å². The molecule has 0 aromatic carbocycles. The Morgan fingerprint density at radius 1 is 1.73 bits per heavy atom. The first-order chi connectivity index (χ1) is 5.18. The lowest BCUT2D eigenvalue weighted by Crippen LogP contribution is -2.01. The van der Waals surface area contributed by atoms with E-state index in [-0.39, 0.29) is 6.10 Å². The fraction of sp³-hybridized carbons (Fsp3) is 0.571. The highest BCUT2D eigenvalue weighted by Crippen LogP contribution is 2.10. The number of nitrogens with zero attached hydrogens (tertiary/aromatic N) is 1. The van der Waals surface area contributed by atoms with Crippen LogP contribution in [0, 0.1) is 0 Å². The molecule has 0 aliphatic heterocycles. The smallest absolute Gasteiger partial charge is 0.264 e. The van der Waals surface area contributed by atoms with Gasteiger partial charge in [-0.25, -0.2) is 4.98 Å². The molecular weight excluding hydrogens is 210 g/mol. The predicted molar refractivity (Wildman–Crippen MR) is 44.1 cm³/mol. The topological polar surface area (TPSA) is 35.3 Å². The molecule has 1 heterocycles. The van der Waals surface area contributed by atoms with E-state index in [1.165, 1.54) is 0 Å². The Hall–Kier alpha value is -0.350. The minimum atomic E-state index is 0.221. The zero-order valence-corrected chi connectivity index (χ0v) is 8.09. The predicted octanol–water partition coefficient (Wildman–Crippen LogP) is 2.36. The molecule has 0 bridgehead atoms. The van der Waals surface area contributed by atoms with Crippen molar-refractivity contribution in [3.63, 3.8) is 0 Å². The van der Waals surface area contributed by atoms with Gasteiger partial charge >= 0.3 is 0 Å². The summed E-state index contributed by atoms with van der Waals surface area (Å²) >= 11 is 3.11. The van der Waals surface area contributed by atoms with Gasteiger partial charge in [-0.15, -0.1) is 0 Å². The molecule has 1 aromatic rings. The summed E-state index contributed by atoms with van der Waals surface area (Å²) in [7, 11) is 0. The van der Waals surface area contributed by atoms with Gasteiger partial charge in [0.1, 0.15) is 6.61 Å². The average Bonchev–Trinajstić information content (AvgIpc) is 2.31. The largest absolute Gasteiger partial charge is 0.434 e. The Morgan fingerprint density at radius 2 is 2.45 bits per heavy atom. The molecule has 0 atom stereocenters. The van der Waals surface area contributed by atoms with Gasteiger partial charge < -0.3 is 9.15 Å². The number of oxazole rings is 1. The van der Waals surface area contributed by atoms with E-state index in [4.69, 9.17) is 9.15 Å². The van der Waals surface area contributed by atoms with Crippen LogP contribution in [0.15, 0.2) is 15.4 Å². The van der Waals surface area contributed by atoms with Crippen LogP contribution >= 0.6 is 15.9 Å². The Labute approximate surface area is 73.9 Å². The van der Waals surface area contributed by atoms with Crippen LogP contribution in [0.2, 0.25) is 0 Å². The molecule has 3 nitrogen and oxygen atoms in total. The molecular formula is C7H10BrNO2. The normalized spacial score (nSPS) is 10.9. The lowest BCUT2D eigenvalue weighted by molar-refractivity contribution is 0.0540. The highest BCUT2D eigenvalue weighted by atomic mass is 79.9. The van der Waals surface area contributed by atoms with Crippen LogP contribution in [-0.4, -0.2) is 11.1 Å². The fourth-order valence-electron chi connectivity index (χ4n) is 0.599. The second-order valence-corrected chi connectivity index (χ2v) is 3.12. The lowest BCUT2D eigenvalue weighted by atomic mass is 10.5. The van der Waals surface area contributed by atoms with Crippen molar-refractivity contribution < 1.29 is 9.15 Å². The van der Waals surface area contributed by atoms with E-state index in [1.54, 1.807) is 6.20 Å². The van der Waals surface area contributed by atoms with Crippen LogP contribution in [0.1, 0.15) is 19.6 Å². The first-order valence-corrected chi connectivity index (χ1v) is 4.19. The summed E-state index contributed by atoms with van der Waals surface area (Å²) in [5.74, 6) is 0.741. The zero-order valence-electron chi connectivity index (χ0n) is 6.50. The summed E-state index contributed by atoms with van der Waals surface area (Å²) in [6.45, 7) is 4.44. The third-order valence-electron chi connectivity index (χ3n) is 1.08. The molecule has 0 radical (unpaired) electrons. The summed E-state index contributed by atoms with van der Waals surface area (Å²) in [6, 6.07) is 0. The fourth-order valence-corrected chi connectivity index (χ4v) is 0.909. The molecule has 4 heteroatoms. The van der Waals surface area contributed by atoms with Crippen LogP contribution < -0.4 is 0 Å². The van der Waals surface area contributed by atoms with Gasteiger partial charge in [-0.1, -0.05) is 0 Å². The maximum Gasteiger partial charge on any atom is 0.264 e. The van der Waals surface area contributed by atoms with Gasteiger partial charge in [0.15, 0.2) is 5.76 Å². The van der Waals surface area contributed by atoms with Crippen molar-refractivity contribution in [3.8, 4) is 0 Å². The summed E-state index contributed by atoms with van der Waals surface area (Å²) in [6.07, 6.45) is 1.87. The highest BCUT2D eigenvalue weighted by molar-refractivity contribution is 9.10. The summed E-state index contributed by atoms with van der Waals surface area (Å²) in [4.78, 5) is 4.36. The highest BCUT2D eigenvalue weighted by Gasteiger charge is 2.01. The van der Waals surface area contributed by atoms with Crippen LogP contribution in [0.5, 0.6) is 0 Å². The van der Waals surface area contributed by atoms with E-state index in [1.807, 2.05) is 13.8 Å². The maximum absolute atomic E-state index is 5.29. The molecule has 0 unspecified atom stereocenters. The average molecular weight is 220 g/mol.